The lowest BCUT2D eigenvalue weighted by molar-refractivity contribution is -0.161. The molecule has 0 aromatic rings. The third-order valence-electron chi connectivity index (χ3n) is 10.2. The molecule has 0 spiro atoms. The van der Waals surface area contributed by atoms with Crippen molar-refractivity contribution in [1.82, 2.24) is 0 Å². The summed E-state index contributed by atoms with van der Waals surface area (Å²) in [4.78, 5) is 52.8. The first-order valence-electron chi connectivity index (χ1n) is 24.3. The van der Waals surface area contributed by atoms with Gasteiger partial charge >= 0.3 is 27.6 Å². The Morgan fingerprint density at radius 1 is 0.500 bits per heavy atom. The van der Waals surface area contributed by atoms with Gasteiger partial charge in [-0.2, -0.15) is 0 Å². The molecule has 0 fully saturated rings. The molecule has 0 amide bonds. The van der Waals surface area contributed by atoms with Crippen LogP contribution in [0.2, 0.25) is 0 Å². The Kier molecular flexibility index (Phi) is 42.3. The monoisotopic (exact) mass is 951 g/mol. The Hall–Kier alpha value is -1.96. The summed E-state index contributed by atoms with van der Waals surface area (Å²) in [5.41, 5.74) is 0. The molecule has 0 aromatic carbocycles. The summed E-state index contributed by atoms with van der Waals surface area (Å²) >= 11 is 0. The molecule has 14 nitrogen and oxygen atoms in total. The first kappa shape index (κ1) is 62.0. The summed E-state index contributed by atoms with van der Waals surface area (Å²) < 4.78 is 47.8. The molecule has 0 aromatic heterocycles. The lowest BCUT2D eigenvalue weighted by Gasteiger charge is -2.20. The van der Waals surface area contributed by atoms with Crippen molar-refractivity contribution in [2.24, 2.45) is 5.92 Å². The van der Waals surface area contributed by atoms with E-state index in [4.69, 9.17) is 33.4 Å². The molecule has 0 aliphatic carbocycles. The molecule has 5 N–H and O–H groups in total. The SMILES string of the molecule is CC(C)CCCCCCCCCCCCCCCCCCC(=O)O[C@H](COC(=O)CCC/C=C\C/C=C\C/C=C\C/C=C\CCCCCO)COP(=O)(O)OC[C@@H](O)COP(=O)(O)O. The highest BCUT2D eigenvalue weighted by Gasteiger charge is 2.28. The van der Waals surface area contributed by atoms with Gasteiger partial charge in [0.1, 0.15) is 12.7 Å². The normalized spacial score (nSPS) is 14.4. The van der Waals surface area contributed by atoms with Crippen molar-refractivity contribution >= 4 is 27.6 Å². The van der Waals surface area contributed by atoms with Crippen LogP contribution in [0.5, 0.6) is 0 Å². The van der Waals surface area contributed by atoms with Gasteiger partial charge in [-0.3, -0.25) is 23.2 Å². The predicted octanol–water partition coefficient (Wildman–Crippen LogP) is 11.8. The summed E-state index contributed by atoms with van der Waals surface area (Å²) in [6.07, 6.45) is 42.6. The minimum absolute atomic E-state index is 0.110. The average Bonchev–Trinajstić information content (AvgIpc) is 3.24. The summed E-state index contributed by atoms with van der Waals surface area (Å²) in [6.45, 7) is 2.07. The second-order valence-corrected chi connectivity index (χ2v) is 19.6. The van der Waals surface area contributed by atoms with Crippen LogP contribution in [0.3, 0.4) is 0 Å². The zero-order valence-electron chi connectivity index (χ0n) is 39.5. The molecule has 0 saturated carbocycles. The van der Waals surface area contributed by atoms with Gasteiger partial charge in [-0.05, 0) is 63.7 Å². The number of esters is 2. The standard InChI is InChI=1S/C48H88O14P2/c1-44(2)36-32-28-24-20-16-12-8-5-6-10-14-18-22-26-30-34-38-48(52)62-46(43-61-64(56,57)60-41-45(50)40-59-63(53,54)55)42-58-47(51)37-33-29-25-21-17-13-9-4-3-7-11-15-19-23-27-31-35-39-49/h3,7,9,13,15,19,21,25,44-46,49-50H,4-6,8,10-12,14,16-18,20,22-24,26-43H2,1-2H3,(H,56,57)(H2,53,54,55)/b7-3-,13-9-,19-15-,25-21-/t45-,46+/m0/s1. The quantitative estimate of drug-likeness (QED) is 0.0166. The summed E-state index contributed by atoms with van der Waals surface area (Å²) in [7, 11) is -9.70. The number of unbranched alkanes of at least 4 members (excludes halogenated alkanes) is 19. The Morgan fingerprint density at radius 3 is 1.42 bits per heavy atom. The van der Waals surface area contributed by atoms with Gasteiger partial charge in [-0.25, -0.2) is 9.13 Å². The second-order valence-electron chi connectivity index (χ2n) is 16.9. The van der Waals surface area contributed by atoms with Gasteiger partial charge in [-0.15, -0.1) is 0 Å². The number of carbonyl (C=O) groups excluding carboxylic acids is 2. The van der Waals surface area contributed by atoms with Crippen LogP contribution in [0.15, 0.2) is 48.6 Å². The van der Waals surface area contributed by atoms with Gasteiger partial charge < -0.3 is 34.4 Å². The molecule has 1 unspecified atom stereocenters. The Balaban J connectivity index is 4.51. The van der Waals surface area contributed by atoms with E-state index < -0.39 is 66.2 Å². The van der Waals surface area contributed by atoms with Crippen LogP contribution < -0.4 is 0 Å². The number of carbonyl (C=O) groups is 2. The molecule has 64 heavy (non-hydrogen) atoms. The van der Waals surface area contributed by atoms with Crippen molar-refractivity contribution < 1.29 is 66.7 Å². The number of aliphatic hydroxyl groups is 2. The first-order valence-corrected chi connectivity index (χ1v) is 27.3. The van der Waals surface area contributed by atoms with Crippen LogP contribution in [-0.4, -0.2) is 82.1 Å². The summed E-state index contributed by atoms with van der Waals surface area (Å²) in [5, 5.41) is 18.6. The van der Waals surface area contributed by atoms with Gasteiger partial charge in [0.25, 0.3) is 0 Å². The molecular weight excluding hydrogens is 862 g/mol. The Bertz CT molecular complexity index is 1330. The van der Waals surface area contributed by atoms with Crippen molar-refractivity contribution in [3.05, 3.63) is 48.6 Å². The molecule has 0 saturated heterocycles. The number of aliphatic hydroxyl groups excluding tert-OH is 2. The van der Waals surface area contributed by atoms with Gasteiger partial charge in [-0.1, -0.05) is 172 Å². The third kappa shape index (κ3) is 48.0. The Morgan fingerprint density at radius 2 is 0.922 bits per heavy atom. The number of ether oxygens (including phenoxy) is 2. The summed E-state index contributed by atoms with van der Waals surface area (Å²) in [5.74, 6) is -0.289. The van der Waals surface area contributed by atoms with Crippen molar-refractivity contribution in [3.8, 4) is 0 Å². The largest absolute Gasteiger partial charge is 0.472 e. The number of hydrogen-bond donors (Lipinski definition) is 5. The van der Waals surface area contributed by atoms with Gasteiger partial charge in [0.05, 0.1) is 19.8 Å². The molecule has 0 rings (SSSR count). The van der Waals surface area contributed by atoms with E-state index in [-0.39, 0.29) is 19.4 Å². The highest BCUT2D eigenvalue weighted by molar-refractivity contribution is 7.47. The van der Waals surface area contributed by atoms with E-state index in [1.54, 1.807) is 0 Å². The zero-order chi connectivity index (χ0) is 47.4. The van der Waals surface area contributed by atoms with Crippen LogP contribution in [-0.2, 0) is 41.8 Å². The molecule has 0 aliphatic rings. The predicted molar refractivity (Wildman–Crippen MR) is 254 cm³/mol. The van der Waals surface area contributed by atoms with E-state index in [0.717, 1.165) is 70.1 Å². The third-order valence-corrected chi connectivity index (χ3v) is 11.6. The van der Waals surface area contributed by atoms with E-state index in [9.17, 15) is 28.7 Å². The number of allylic oxidation sites excluding steroid dienone is 8. The molecule has 374 valence electrons. The highest BCUT2D eigenvalue weighted by Crippen LogP contribution is 2.43. The average molecular weight is 951 g/mol. The maximum Gasteiger partial charge on any atom is 0.472 e. The molecule has 0 radical (unpaired) electrons. The maximum absolute atomic E-state index is 12.7. The lowest BCUT2D eigenvalue weighted by Crippen LogP contribution is -2.30. The van der Waals surface area contributed by atoms with Crippen LogP contribution in [0.1, 0.15) is 194 Å². The smallest absolute Gasteiger partial charge is 0.462 e. The number of hydrogen-bond acceptors (Lipinski definition) is 11. The topological polar surface area (TPSA) is 216 Å². The van der Waals surface area contributed by atoms with E-state index >= 15 is 0 Å². The lowest BCUT2D eigenvalue weighted by atomic mass is 10.0. The second kappa shape index (κ2) is 43.6. The number of rotatable bonds is 46. The van der Waals surface area contributed by atoms with E-state index in [1.165, 1.54) is 83.5 Å². The van der Waals surface area contributed by atoms with Gasteiger partial charge in [0, 0.05) is 19.4 Å². The fourth-order valence-electron chi connectivity index (χ4n) is 6.51. The minimum atomic E-state index is -4.87. The summed E-state index contributed by atoms with van der Waals surface area (Å²) in [6, 6.07) is 0. The highest BCUT2D eigenvalue weighted by atomic mass is 31.2. The van der Waals surface area contributed by atoms with Crippen LogP contribution in [0.25, 0.3) is 0 Å². The maximum atomic E-state index is 12.7. The zero-order valence-corrected chi connectivity index (χ0v) is 41.3. The molecule has 0 aliphatic heterocycles. The molecular formula is C48H88O14P2. The fraction of sp³-hybridized carbons (Fsp3) is 0.792. The van der Waals surface area contributed by atoms with Crippen LogP contribution in [0.4, 0.5) is 0 Å². The van der Waals surface area contributed by atoms with Gasteiger partial charge in [0.2, 0.25) is 0 Å². The number of phosphoric ester groups is 2. The van der Waals surface area contributed by atoms with Crippen molar-refractivity contribution in [2.45, 2.75) is 206 Å². The van der Waals surface area contributed by atoms with Crippen molar-refractivity contribution in [2.75, 3.05) is 33.0 Å². The van der Waals surface area contributed by atoms with Crippen LogP contribution >= 0.6 is 15.6 Å². The Labute approximate surface area is 386 Å². The minimum Gasteiger partial charge on any atom is -0.462 e. The first-order chi connectivity index (χ1) is 30.7. The van der Waals surface area contributed by atoms with E-state index in [1.807, 2.05) is 12.2 Å². The van der Waals surface area contributed by atoms with Gasteiger partial charge in [0.15, 0.2) is 6.10 Å². The van der Waals surface area contributed by atoms with Crippen molar-refractivity contribution in [3.63, 3.8) is 0 Å². The number of phosphoric acid groups is 2. The molecule has 0 bridgehead atoms. The van der Waals surface area contributed by atoms with E-state index in [2.05, 4.69) is 54.8 Å². The molecule has 16 heteroatoms. The van der Waals surface area contributed by atoms with E-state index in [0.29, 0.717) is 19.3 Å². The van der Waals surface area contributed by atoms with Crippen molar-refractivity contribution in [1.29, 1.82) is 0 Å². The molecule has 0 heterocycles. The molecule has 3 atom stereocenters. The van der Waals surface area contributed by atoms with Crippen LogP contribution in [0, 0.1) is 5.92 Å². The fourth-order valence-corrected chi connectivity index (χ4v) is 7.66.